The molecule has 2 N–H and O–H groups in total. The van der Waals surface area contributed by atoms with Crippen LogP contribution in [0.1, 0.15) is 56.4 Å². The second-order valence-corrected chi connectivity index (χ2v) is 5.72. The van der Waals surface area contributed by atoms with Crippen molar-refractivity contribution in [3.63, 3.8) is 0 Å². The lowest BCUT2D eigenvalue weighted by atomic mass is 10.0. The average molecular weight is 270 g/mol. The number of nitrogens with zero attached hydrogens (tertiary/aromatic N) is 1. The van der Waals surface area contributed by atoms with Crippen LogP contribution in [0.4, 0.5) is 5.13 Å². The monoisotopic (exact) mass is 270 g/mol. The number of hydrogen-bond donors (Lipinski definition) is 2. The highest BCUT2D eigenvalue weighted by molar-refractivity contribution is 7.13. The largest absolute Gasteiger partial charge is 0.476 e. The maximum Gasteiger partial charge on any atom is 0.355 e. The SMILES string of the molecule is CC(C)CCCCCCNc1nc(C(=O)O)cs1. The number of aromatic nitrogens is 1. The van der Waals surface area contributed by atoms with Crippen molar-refractivity contribution in [1.82, 2.24) is 4.98 Å². The fourth-order valence-corrected chi connectivity index (χ4v) is 2.39. The lowest BCUT2D eigenvalue weighted by molar-refractivity contribution is 0.0691. The van der Waals surface area contributed by atoms with Gasteiger partial charge in [0, 0.05) is 11.9 Å². The Morgan fingerprint density at radius 1 is 1.39 bits per heavy atom. The molecule has 0 aliphatic rings. The van der Waals surface area contributed by atoms with E-state index in [-0.39, 0.29) is 5.69 Å². The lowest BCUT2D eigenvalue weighted by Crippen LogP contribution is -2.02. The summed E-state index contributed by atoms with van der Waals surface area (Å²) in [7, 11) is 0. The molecule has 1 aromatic rings. The number of hydrogen-bond acceptors (Lipinski definition) is 4. The van der Waals surface area contributed by atoms with Gasteiger partial charge in [0.05, 0.1) is 0 Å². The zero-order valence-electron chi connectivity index (χ0n) is 11.1. The molecule has 102 valence electrons. The third-order valence-corrected chi connectivity index (χ3v) is 3.51. The molecular weight excluding hydrogens is 248 g/mol. The zero-order chi connectivity index (χ0) is 13.4. The first-order valence-corrected chi connectivity index (χ1v) is 7.40. The van der Waals surface area contributed by atoms with Crippen LogP contribution in [0.5, 0.6) is 0 Å². The summed E-state index contributed by atoms with van der Waals surface area (Å²) in [6.07, 6.45) is 6.22. The molecule has 0 saturated carbocycles. The maximum atomic E-state index is 10.6. The van der Waals surface area contributed by atoms with Gasteiger partial charge in [-0.2, -0.15) is 0 Å². The van der Waals surface area contributed by atoms with E-state index in [1.54, 1.807) is 5.38 Å². The molecule has 0 spiro atoms. The summed E-state index contributed by atoms with van der Waals surface area (Å²) >= 11 is 1.35. The minimum absolute atomic E-state index is 0.124. The topological polar surface area (TPSA) is 62.2 Å². The molecule has 0 aromatic carbocycles. The fourth-order valence-electron chi connectivity index (χ4n) is 1.68. The average Bonchev–Trinajstić information content (AvgIpc) is 2.76. The Morgan fingerprint density at radius 2 is 2.11 bits per heavy atom. The number of aromatic carboxylic acids is 1. The van der Waals surface area contributed by atoms with E-state index in [2.05, 4.69) is 24.1 Å². The Hall–Kier alpha value is -1.10. The van der Waals surface area contributed by atoms with Gasteiger partial charge in [-0.1, -0.05) is 39.5 Å². The van der Waals surface area contributed by atoms with Gasteiger partial charge in [0.2, 0.25) is 0 Å². The lowest BCUT2D eigenvalue weighted by Gasteiger charge is -2.04. The highest BCUT2D eigenvalue weighted by atomic mass is 32.1. The summed E-state index contributed by atoms with van der Waals surface area (Å²) in [5.74, 6) is -0.166. The number of thiazole rings is 1. The van der Waals surface area contributed by atoms with Crippen LogP contribution in [0.15, 0.2) is 5.38 Å². The minimum Gasteiger partial charge on any atom is -0.476 e. The Balaban J connectivity index is 2.05. The second-order valence-electron chi connectivity index (χ2n) is 4.87. The molecule has 0 radical (unpaired) electrons. The van der Waals surface area contributed by atoms with Crippen molar-refractivity contribution in [2.24, 2.45) is 5.92 Å². The van der Waals surface area contributed by atoms with E-state index < -0.39 is 5.97 Å². The van der Waals surface area contributed by atoms with Crippen molar-refractivity contribution >= 4 is 22.4 Å². The van der Waals surface area contributed by atoms with Crippen molar-refractivity contribution in [2.45, 2.75) is 46.0 Å². The van der Waals surface area contributed by atoms with Crippen LogP contribution in [0, 0.1) is 5.92 Å². The van der Waals surface area contributed by atoms with E-state index in [4.69, 9.17) is 5.11 Å². The number of anilines is 1. The zero-order valence-corrected chi connectivity index (χ0v) is 11.9. The van der Waals surface area contributed by atoms with Crippen molar-refractivity contribution in [2.75, 3.05) is 11.9 Å². The molecule has 5 heteroatoms. The summed E-state index contributed by atoms with van der Waals surface area (Å²) in [5, 5.41) is 14.2. The quantitative estimate of drug-likeness (QED) is 0.669. The summed E-state index contributed by atoms with van der Waals surface area (Å²) in [4.78, 5) is 14.6. The number of carboxylic acid groups (broad SMARTS) is 1. The van der Waals surface area contributed by atoms with E-state index in [0.717, 1.165) is 18.9 Å². The first-order chi connectivity index (χ1) is 8.59. The van der Waals surface area contributed by atoms with E-state index in [1.807, 2.05) is 0 Å². The smallest absolute Gasteiger partial charge is 0.355 e. The number of carboxylic acids is 1. The summed E-state index contributed by atoms with van der Waals surface area (Å²) < 4.78 is 0. The Morgan fingerprint density at radius 3 is 2.72 bits per heavy atom. The van der Waals surface area contributed by atoms with Gasteiger partial charge in [0.15, 0.2) is 10.8 Å². The molecule has 4 nitrogen and oxygen atoms in total. The molecule has 0 aliphatic heterocycles. The van der Waals surface area contributed by atoms with E-state index >= 15 is 0 Å². The van der Waals surface area contributed by atoms with Gasteiger partial charge in [0.1, 0.15) is 0 Å². The van der Waals surface area contributed by atoms with Crippen molar-refractivity contribution in [3.05, 3.63) is 11.1 Å². The van der Waals surface area contributed by atoms with Crippen LogP contribution in [0.3, 0.4) is 0 Å². The van der Waals surface area contributed by atoms with Crippen molar-refractivity contribution in [3.8, 4) is 0 Å². The molecule has 1 heterocycles. The van der Waals surface area contributed by atoms with Crippen LogP contribution in [-0.2, 0) is 0 Å². The normalized spacial score (nSPS) is 10.8. The molecule has 0 fully saturated rings. The molecular formula is C13H22N2O2S. The van der Waals surface area contributed by atoms with Crippen LogP contribution in [-0.4, -0.2) is 22.6 Å². The van der Waals surface area contributed by atoms with Gasteiger partial charge >= 0.3 is 5.97 Å². The molecule has 0 amide bonds. The standard InChI is InChI=1S/C13H22N2O2S/c1-10(2)7-5-3-4-6-8-14-13-15-11(9-18-13)12(16)17/h9-10H,3-8H2,1-2H3,(H,14,15)(H,16,17). The van der Waals surface area contributed by atoms with Gasteiger partial charge in [-0.25, -0.2) is 9.78 Å². The fraction of sp³-hybridized carbons (Fsp3) is 0.692. The summed E-state index contributed by atoms with van der Waals surface area (Å²) in [6, 6.07) is 0. The number of carbonyl (C=O) groups is 1. The van der Waals surface area contributed by atoms with Gasteiger partial charge in [-0.3, -0.25) is 0 Å². The highest BCUT2D eigenvalue weighted by Gasteiger charge is 2.07. The number of rotatable bonds is 9. The van der Waals surface area contributed by atoms with Gasteiger partial charge in [-0.05, 0) is 12.3 Å². The maximum absolute atomic E-state index is 10.6. The number of nitrogens with one attached hydrogen (secondary N) is 1. The van der Waals surface area contributed by atoms with Crippen LogP contribution < -0.4 is 5.32 Å². The van der Waals surface area contributed by atoms with Crippen LogP contribution >= 0.6 is 11.3 Å². The van der Waals surface area contributed by atoms with Gasteiger partial charge < -0.3 is 10.4 Å². The van der Waals surface area contributed by atoms with Crippen molar-refractivity contribution in [1.29, 1.82) is 0 Å². The van der Waals surface area contributed by atoms with E-state index in [0.29, 0.717) is 5.13 Å². The van der Waals surface area contributed by atoms with E-state index in [1.165, 1.54) is 37.0 Å². The first-order valence-electron chi connectivity index (χ1n) is 6.52. The molecule has 0 unspecified atom stereocenters. The van der Waals surface area contributed by atoms with Crippen LogP contribution in [0.25, 0.3) is 0 Å². The Kier molecular flexibility index (Phi) is 6.72. The Bertz CT molecular complexity index is 364. The molecule has 1 aromatic heterocycles. The van der Waals surface area contributed by atoms with Crippen molar-refractivity contribution < 1.29 is 9.90 Å². The molecule has 18 heavy (non-hydrogen) atoms. The molecule has 0 saturated heterocycles. The summed E-state index contributed by atoms with van der Waals surface area (Å²) in [5.41, 5.74) is 0.124. The van der Waals surface area contributed by atoms with Crippen LogP contribution in [0.2, 0.25) is 0 Å². The second kappa shape index (κ2) is 8.08. The first kappa shape index (κ1) is 15.0. The molecule has 0 atom stereocenters. The minimum atomic E-state index is -0.965. The third-order valence-electron chi connectivity index (χ3n) is 2.71. The molecule has 1 rings (SSSR count). The number of unbranched alkanes of at least 4 members (excludes halogenated alkanes) is 3. The predicted molar refractivity (Wildman–Crippen MR) is 75.5 cm³/mol. The van der Waals surface area contributed by atoms with Gasteiger partial charge in [-0.15, -0.1) is 11.3 Å². The predicted octanol–water partition coefficient (Wildman–Crippen LogP) is 3.86. The molecule has 0 bridgehead atoms. The Labute approximate surface area is 112 Å². The van der Waals surface area contributed by atoms with Gasteiger partial charge in [0.25, 0.3) is 0 Å². The third kappa shape index (κ3) is 6.00. The summed E-state index contributed by atoms with van der Waals surface area (Å²) in [6.45, 7) is 5.38. The van der Waals surface area contributed by atoms with E-state index in [9.17, 15) is 4.79 Å². The highest BCUT2D eigenvalue weighted by Crippen LogP contribution is 2.15. The molecule has 0 aliphatic carbocycles.